The second-order valence-corrected chi connectivity index (χ2v) is 4.60. The Morgan fingerprint density at radius 1 is 1.00 bits per heavy atom. The third-order valence-electron chi connectivity index (χ3n) is 2.74. The van der Waals surface area contributed by atoms with Gasteiger partial charge >= 0.3 is 11.8 Å². The van der Waals surface area contributed by atoms with Gasteiger partial charge in [0.15, 0.2) is 0 Å². The molecule has 2 aromatic carbocycles. The molecular weight excluding hydrogens is 276 g/mol. The molecule has 0 aliphatic carbocycles. The summed E-state index contributed by atoms with van der Waals surface area (Å²) in [5, 5.41) is 3.10. The molecule has 0 spiro atoms. The normalized spacial score (nSPS) is 9.90. The lowest BCUT2D eigenvalue weighted by Crippen LogP contribution is -2.37. The summed E-state index contributed by atoms with van der Waals surface area (Å²) < 4.78 is 0. The van der Waals surface area contributed by atoms with Gasteiger partial charge in [-0.1, -0.05) is 29.8 Å². The van der Waals surface area contributed by atoms with Crippen LogP contribution in [0.5, 0.6) is 0 Å². The first kappa shape index (κ1) is 14.1. The van der Waals surface area contributed by atoms with E-state index < -0.39 is 11.8 Å². The monoisotopic (exact) mass is 288 g/mol. The standard InChI is InChI=1S/C15H13ClN2O2/c1-18(13-5-3-2-4-6-13)15(20)14(19)17-12-9-7-11(16)8-10-12/h2-10H,1H3,(H,17,19). The molecule has 0 radical (unpaired) electrons. The maximum atomic E-state index is 12.0. The molecule has 0 aliphatic heterocycles. The number of amides is 2. The third-order valence-corrected chi connectivity index (χ3v) is 3.00. The summed E-state index contributed by atoms with van der Waals surface area (Å²) in [4.78, 5) is 25.2. The molecule has 0 saturated heterocycles. The zero-order valence-corrected chi connectivity index (χ0v) is 11.6. The Kier molecular flexibility index (Phi) is 4.38. The van der Waals surface area contributed by atoms with Crippen LogP contribution in [0.1, 0.15) is 0 Å². The van der Waals surface area contributed by atoms with Crippen molar-refractivity contribution in [3.8, 4) is 0 Å². The molecule has 0 bridgehead atoms. The summed E-state index contributed by atoms with van der Waals surface area (Å²) in [6.45, 7) is 0. The van der Waals surface area contributed by atoms with Gasteiger partial charge in [-0.2, -0.15) is 0 Å². The van der Waals surface area contributed by atoms with E-state index in [1.807, 2.05) is 6.07 Å². The quantitative estimate of drug-likeness (QED) is 0.864. The van der Waals surface area contributed by atoms with Gasteiger partial charge in [-0.05, 0) is 36.4 Å². The van der Waals surface area contributed by atoms with Crippen molar-refractivity contribution in [1.82, 2.24) is 0 Å². The molecule has 0 fully saturated rings. The number of halogens is 1. The molecule has 0 aromatic heterocycles. The van der Waals surface area contributed by atoms with Gasteiger partial charge in [0.05, 0.1) is 0 Å². The van der Waals surface area contributed by atoms with E-state index in [1.54, 1.807) is 55.6 Å². The minimum atomic E-state index is -0.696. The molecule has 0 unspecified atom stereocenters. The van der Waals surface area contributed by atoms with Crippen LogP contribution in [0.4, 0.5) is 11.4 Å². The molecule has 20 heavy (non-hydrogen) atoms. The fourth-order valence-electron chi connectivity index (χ4n) is 1.64. The van der Waals surface area contributed by atoms with E-state index in [-0.39, 0.29) is 0 Å². The Bertz CT molecular complexity index is 612. The van der Waals surface area contributed by atoms with Crippen molar-refractivity contribution >= 4 is 34.8 Å². The molecule has 0 saturated carbocycles. The van der Waals surface area contributed by atoms with E-state index in [2.05, 4.69) is 5.32 Å². The Balaban J connectivity index is 2.05. The van der Waals surface area contributed by atoms with Gasteiger partial charge in [-0.15, -0.1) is 0 Å². The second-order valence-electron chi connectivity index (χ2n) is 4.16. The predicted molar refractivity (Wildman–Crippen MR) is 79.9 cm³/mol. The summed E-state index contributed by atoms with van der Waals surface area (Å²) in [5.74, 6) is -1.33. The number of carbonyl (C=O) groups is 2. The lowest BCUT2D eigenvalue weighted by atomic mass is 10.3. The highest BCUT2D eigenvalue weighted by Gasteiger charge is 2.19. The van der Waals surface area contributed by atoms with Crippen molar-refractivity contribution in [2.24, 2.45) is 0 Å². The summed E-state index contributed by atoms with van der Waals surface area (Å²) in [6.07, 6.45) is 0. The molecule has 2 amide bonds. The van der Waals surface area contributed by atoms with Gasteiger partial charge in [-0.25, -0.2) is 0 Å². The number of rotatable bonds is 2. The number of likely N-dealkylation sites (N-methyl/N-ethyl adjacent to an activating group) is 1. The minimum Gasteiger partial charge on any atom is -0.318 e. The molecule has 4 nitrogen and oxygen atoms in total. The molecule has 1 N–H and O–H groups in total. The number of carbonyl (C=O) groups excluding carboxylic acids is 2. The minimum absolute atomic E-state index is 0.522. The van der Waals surface area contributed by atoms with Crippen LogP contribution in [0.2, 0.25) is 5.02 Å². The van der Waals surface area contributed by atoms with Crippen LogP contribution in [0.3, 0.4) is 0 Å². The molecule has 0 aliphatic rings. The molecular formula is C15H13ClN2O2. The van der Waals surface area contributed by atoms with E-state index in [0.29, 0.717) is 16.4 Å². The smallest absolute Gasteiger partial charge is 0.316 e. The Morgan fingerprint density at radius 2 is 1.60 bits per heavy atom. The van der Waals surface area contributed by atoms with Gasteiger partial charge in [0, 0.05) is 23.4 Å². The van der Waals surface area contributed by atoms with Gasteiger partial charge in [0.1, 0.15) is 0 Å². The van der Waals surface area contributed by atoms with Crippen molar-refractivity contribution in [1.29, 1.82) is 0 Å². The average Bonchev–Trinajstić information content (AvgIpc) is 2.49. The number of nitrogens with zero attached hydrogens (tertiary/aromatic N) is 1. The van der Waals surface area contributed by atoms with Crippen LogP contribution in [0.15, 0.2) is 54.6 Å². The summed E-state index contributed by atoms with van der Waals surface area (Å²) in [7, 11) is 1.55. The average molecular weight is 289 g/mol. The number of anilines is 2. The third kappa shape index (κ3) is 3.36. The largest absolute Gasteiger partial charge is 0.318 e. The molecule has 0 heterocycles. The van der Waals surface area contributed by atoms with Gasteiger partial charge in [-0.3, -0.25) is 9.59 Å². The molecule has 5 heteroatoms. The number of benzene rings is 2. The van der Waals surface area contributed by atoms with Crippen LogP contribution >= 0.6 is 11.6 Å². The lowest BCUT2D eigenvalue weighted by molar-refractivity contribution is -0.134. The van der Waals surface area contributed by atoms with E-state index >= 15 is 0 Å². The SMILES string of the molecule is CN(C(=O)C(=O)Nc1ccc(Cl)cc1)c1ccccc1. The fraction of sp³-hybridized carbons (Fsp3) is 0.0667. The van der Waals surface area contributed by atoms with Crippen molar-refractivity contribution in [3.63, 3.8) is 0 Å². The topological polar surface area (TPSA) is 49.4 Å². The van der Waals surface area contributed by atoms with Crippen molar-refractivity contribution < 1.29 is 9.59 Å². The van der Waals surface area contributed by atoms with E-state index in [9.17, 15) is 9.59 Å². The summed E-state index contributed by atoms with van der Waals surface area (Å²) in [5.41, 5.74) is 1.18. The molecule has 0 atom stereocenters. The zero-order chi connectivity index (χ0) is 14.5. The predicted octanol–water partition coefficient (Wildman–Crippen LogP) is 2.94. The van der Waals surface area contributed by atoms with Crippen LogP contribution in [0, 0.1) is 0 Å². The van der Waals surface area contributed by atoms with Gasteiger partial charge in [0.2, 0.25) is 0 Å². The summed E-state index contributed by atoms with van der Waals surface area (Å²) in [6, 6.07) is 15.5. The highest BCUT2D eigenvalue weighted by molar-refractivity contribution is 6.44. The first-order chi connectivity index (χ1) is 9.58. The summed E-state index contributed by atoms with van der Waals surface area (Å²) >= 11 is 5.75. The van der Waals surface area contributed by atoms with Crippen LogP contribution < -0.4 is 10.2 Å². The Morgan fingerprint density at radius 3 is 2.20 bits per heavy atom. The second kappa shape index (κ2) is 6.21. The maximum Gasteiger partial charge on any atom is 0.316 e. The Hall–Kier alpha value is -2.33. The van der Waals surface area contributed by atoms with Crippen LogP contribution in [-0.4, -0.2) is 18.9 Å². The molecule has 2 aromatic rings. The van der Waals surface area contributed by atoms with Crippen LogP contribution in [0.25, 0.3) is 0 Å². The first-order valence-electron chi connectivity index (χ1n) is 5.97. The fourth-order valence-corrected chi connectivity index (χ4v) is 1.76. The highest BCUT2D eigenvalue weighted by Crippen LogP contribution is 2.15. The van der Waals surface area contributed by atoms with E-state index in [0.717, 1.165) is 0 Å². The lowest BCUT2D eigenvalue weighted by Gasteiger charge is -2.16. The number of nitrogens with one attached hydrogen (secondary N) is 1. The number of hydrogen-bond acceptors (Lipinski definition) is 2. The van der Waals surface area contributed by atoms with Crippen molar-refractivity contribution in [2.75, 3.05) is 17.3 Å². The van der Waals surface area contributed by atoms with E-state index in [4.69, 9.17) is 11.6 Å². The number of hydrogen-bond donors (Lipinski definition) is 1. The molecule has 102 valence electrons. The van der Waals surface area contributed by atoms with Crippen LogP contribution in [-0.2, 0) is 9.59 Å². The van der Waals surface area contributed by atoms with E-state index in [1.165, 1.54) is 4.90 Å². The molecule has 2 rings (SSSR count). The van der Waals surface area contributed by atoms with Gasteiger partial charge < -0.3 is 10.2 Å². The van der Waals surface area contributed by atoms with Crippen molar-refractivity contribution in [2.45, 2.75) is 0 Å². The zero-order valence-electron chi connectivity index (χ0n) is 10.8. The van der Waals surface area contributed by atoms with Crippen molar-refractivity contribution in [3.05, 3.63) is 59.6 Å². The maximum absolute atomic E-state index is 12.0. The Labute approximate surface area is 122 Å². The number of para-hydroxylation sites is 1. The highest BCUT2D eigenvalue weighted by atomic mass is 35.5. The van der Waals surface area contributed by atoms with Gasteiger partial charge in [0.25, 0.3) is 0 Å². The first-order valence-corrected chi connectivity index (χ1v) is 6.35.